The molecule has 1 rings (SSSR count). The van der Waals surface area contributed by atoms with Gasteiger partial charge >= 0.3 is 5.97 Å². The van der Waals surface area contributed by atoms with Crippen molar-refractivity contribution in [3.8, 4) is 0 Å². The highest BCUT2D eigenvalue weighted by Gasteiger charge is 2.24. The molecular formula is C12H15NO3. The normalized spacial score (nSPS) is 11.9. The monoisotopic (exact) mass is 221 g/mol. The molecule has 16 heavy (non-hydrogen) atoms. The summed E-state index contributed by atoms with van der Waals surface area (Å²) in [7, 11) is 0. The fraction of sp³-hybridized carbons (Fsp3) is 0.333. The van der Waals surface area contributed by atoms with Crippen molar-refractivity contribution in [1.82, 2.24) is 4.90 Å². The van der Waals surface area contributed by atoms with Crippen LogP contribution in [-0.2, 0) is 4.79 Å². The Hall–Kier alpha value is -1.84. The summed E-state index contributed by atoms with van der Waals surface area (Å²) >= 11 is 0. The molecule has 0 bridgehead atoms. The summed E-state index contributed by atoms with van der Waals surface area (Å²) in [5.41, 5.74) is 0.512. The van der Waals surface area contributed by atoms with Crippen LogP contribution in [0.2, 0.25) is 0 Å². The number of carbonyl (C=O) groups is 2. The van der Waals surface area contributed by atoms with Crippen LogP contribution in [0, 0.1) is 0 Å². The molecule has 0 saturated heterocycles. The summed E-state index contributed by atoms with van der Waals surface area (Å²) in [5.74, 6) is -1.25. The molecule has 0 heterocycles. The van der Waals surface area contributed by atoms with E-state index < -0.39 is 12.0 Å². The lowest BCUT2D eigenvalue weighted by molar-refractivity contribution is -0.141. The number of hydrogen-bond donors (Lipinski definition) is 1. The first-order chi connectivity index (χ1) is 7.57. The summed E-state index contributed by atoms with van der Waals surface area (Å²) in [6, 6.07) is 7.88. The van der Waals surface area contributed by atoms with Gasteiger partial charge < -0.3 is 10.0 Å². The minimum atomic E-state index is -0.994. The lowest BCUT2D eigenvalue weighted by Gasteiger charge is -2.24. The molecule has 1 aromatic rings. The summed E-state index contributed by atoms with van der Waals surface area (Å²) in [6.45, 7) is 3.65. The van der Waals surface area contributed by atoms with E-state index in [1.165, 1.54) is 11.8 Å². The third-order valence-electron chi connectivity index (χ3n) is 2.45. The number of likely N-dealkylation sites (N-methyl/N-ethyl adjacent to an activating group) is 1. The number of carbonyl (C=O) groups excluding carboxylic acids is 1. The Morgan fingerprint density at radius 3 is 2.31 bits per heavy atom. The van der Waals surface area contributed by atoms with Crippen LogP contribution in [0.25, 0.3) is 0 Å². The van der Waals surface area contributed by atoms with Gasteiger partial charge in [0.25, 0.3) is 5.91 Å². The van der Waals surface area contributed by atoms with E-state index in [1.807, 2.05) is 6.07 Å². The van der Waals surface area contributed by atoms with Crippen LogP contribution in [0.1, 0.15) is 24.2 Å². The van der Waals surface area contributed by atoms with Gasteiger partial charge in [0.15, 0.2) is 0 Å². The van der Waals surface area contributed by atoms with Crippen molar-refractivity contribution >= 4 is 11.9 Å². The first-order valence-electron chi connectivity index (χ1n) is 5.16. The van der Waals surface area contributed by atoms with Gasteiger partial charge in [-0.25, -0.2) is 4.79 Å². The van der Waals surface area contributed by atoms with Crippen molar-refractivity contribution in [1.29, 1.82) is 0 Å². The number of rotatable bonds is 4. The number of aliphatic carboxylic acids is 1. The largest absolute Gasteiger partial charge is 0.480 e. The predicted molar refractivity (Wildman–Crippen MR) is 60.3 cm³/mol. The van der Waals surface area contributed by atoms with E-state index >= 15 is 0 Å². The third-order valence-corrected chi connectivity index (χ3v) is 2.45. The van der Waals surface area contributed by atoms with Crippen molar-refractivity contribution in [2.24, 2.45) is 0 Å². The second-order valence-electron chi connectivity index (χ2n) is 3.47. The zero-order valence-corrected chi connectivity index (χ0v) is 9.38. The van der Waals surface area contributed by atoms with Gasteiger partial charge in [-0.2, -0.15) is 0 Å². The van der Waals surface area contributed by atoms with E-state index in [1.54, 1.807) is 31.2 Å². The average molecular weight is 221 g/mol. The van der Waals surface area contributed by atoms with E-state index in [9.17, 15) is 9.59 Å². The zero-order chi connectivity index (χ0) is 12.1. The van der Waals surface area contributed by atoms with Crippen LogP contribution in [0.15, 0.2) is 30.3 Å². The van der Waals surface area contributed by atoms with E-state index in [0.717, 1.165) is 0 Å². The number of hydrogen-bond acceptors (Lipinski definition) is 2. The van der Waals surface area contributed by atoms with Gasteiger partial charge in [0.2, 0.25) is 0 Å². The molecule has 1 N–H and O–H groups in total. The fourth-order valence-electron chi connectivity index (χ4n) is 1.47. The standard InChI is InChI=1S/C12H15NO3/c1-3-13(9(2)12(15)16)11(14)10-7-5-4-6-8-10/h4-9H,3H2,1-2H3,(H,15,16). The lowest BCUT2D eigenvalue weighted by atomic mass is 10.1. The Morgan fingerprint density at radius 2 is 1.88 bits per heavy atom. The van der Waals surface area contributed by atoms with Crippen LogP contribution in [0.5, 0.6) is 0 Å². The Morgan fingerprint density at radius 1 is 1.31 bits per heavy atom. The van der Waals surface area contributed by atoms with Crippen LogP contribution in [0.3, 0.4) is 0 Å². The van der Waals surface area contributed by atoms with Crippen LogP contribution in [0.4, 0.5) is 0 Å². The van der Waals surface area contributed by atoms with Crippen LogP contribution >= 0.6 is 0 Å². The van der Waals surface area contributed by atoms with Crippen LogP contribution in [-0.4, -0.2) is 34.5 Å². The topological polar surface area (TPSA) is 57.6 Å². The third kappa shape index (κ3) is 2.59. The van der Waals surface area contributed by atoms with E-state index in [4.69, 9.17) is 5.11 Å². The fourth-order valence-corrected chi connectivity index (χ4v) is 1.47. The molecule has 1 atom stereocenters. The Labute approximate surface area is 94.5 Å². The minimum Gasteiger partial charge on any atom is -0.480 e. The number of carboxylic acid groups (broad SMARTS) is 1. The molecule has 4 heteroatoms. The van der Waals surface area contributed by atoms with Crippen molar-refractivity contribution in [3.63, 3.8) is 0 Å². The van der Waals surface area contributed by atoms with Gasteiger partial charge in [0.1, 0.15) is 6.04 Å². The molecule has 0 saturated carbocycles. The summed E-state index contributed by atoms with van der Waals surface area (Å²) in [6.07, 6.45) is 0. The SMILES string of the molecule is CCN(C(=O)c1ccccc1)C(C)C(=O)O. The minimum absolute atomic E-state index is 0.252. The van der Waals surface area contributed by atoms with E-state index in [-0.39, 0.29) is 5.91 Å². The molecule has 0 spiro atoms. The highest BCUT2D eigenvalue weighted by Crippen LogP contribution is 2.08. The summed E-state index contributed by atoms with van der Waals surface area (Å²) in [4.78, 5) is 24.2. The molecule has 0 fully saturated rings. The van der Waals surface area contributed by atoms with E-state index in [2.05, 4.69) is 0 Å². The summed E-state index contributed by atoms with van der Waals surface area (Å²) < 4.78 is 0. The van der Waals surface area contributed by atoms with Crippen molar-refractivity contribution in [2.75, 3.05) is 6.54 Å². The molecule has 86 valence electrons. The number of benzene rings is 1. The molecule has 0 radical (unpaired) electrons. The van der Waals surface area contributed by atoms with Crippen molar-refractivity contribution in [2.45, 2.75) is 19.9 Å². The van der Waals surface area contributed by atoms with Gasteiger partial charge in [-0.3, -0.25) is 4.79 Å². The molecule has 1 aromatic carbocycles. The van der Waals surface area contributed by atoms with Crippen molar-refractivity contribution < 1.29 is 14.7 Å². The van der Waals surface area contributed by atoms with Crippen LogP contribution < -0.4 is 0 Å². The second-order valence-corrected chi connectivity index (χ2v) is 3.47. The highest BCUT2D eigenvalue weighted by atomic mass is 16.4. The molecule has 1 amide bonds. The molecule has 4 nitrogen and oxygen atoms in total. The molecule has 0 aliphatic rings. The number of nitrogens with zero attached hydrogens (tertiary/aromatic N) is 1. The van der Waals surface area contributed by atoms with E-state index in [0.29, 0.717) is 12.1 Å². The molecular weight excluding hydrogens is 206 g/mol. The van der Waals surface area contributed by atoms with Crippen molar-refractivity contribution in [3.05, 3.63) is 35.9 Å². The number of carboxylic acids is 1. The molecule has 0 aliphatic carbocycles. The predicted octanol–water partition coefficient (Wildman–Crippen LogP) is 1.62. The first-order valence-corrected chi connectivity index (χ1v) is 5.16. The second kappa shape index (κ2) is 5.30. The van der Waals surface area contributed by atoms with Gasteiger partial charge in [-0.1, -0.05) is 18.2 Å². The quantitative estimate of drug-likeness (QED) is 0.840. The zero-order valence-electron chi connectivity index (χ0n) is 9.38. The first kappa shape index (κ1) is 12.2. The van der Waals surface area contributed by atoms with Gasteiger partial charge in [0, 0.05) is 12.1 Å². The molecule has 1 unspecified atom stereocenters. The Balaban J connectivity index is 2.90. The van der Waals surface area contributed by atoms with Gasteiger partial charge in [-0.15, -0.1) is 0 Å². The Kier molecular flexibility index (Phi) is 4.05. The lowest BCUT2D eigenvalue weighted by Crippen LogP contribution is -2.43. The maximum absolute atomic E-state index is 12.0. The molecule has 0 aliphatic heterocycles. The maximum Gasteiger partial charge on any atom is 0.326 e. The highest BCUT2D eigenvalue weighted by molar-refractivity contribution is 5.96. The van der Waals surface area contributed by atoms with Gasteiger partial charge in [0.05, 0.1) is 0 Å². The Bertz CT molecular complexity index is 375. The maximum atomic E-state index is 12.0. The average Bonchev–Trinajstić information content (AvgIpc) is 2.30. The number of amides is 1. The molecule has 0 aromatic heterocycles. The summed E-state index contributed by atoms with van der Waals surface area (Å²) in [5, 5.41) is 8.89. The smallest absolute Gasteiger partial charge is 0.326 e. The van der Waals surface area contributed by atoms with Gasteiger partial charge in [-0.05, 0) is 26.0 Å².